The van der Waals surface area contributed by atoms with Crippen molar-refractivity contribution in [2.24, 2.45) is 0 Å². The van der Waals surface area contributed by atoms with Gasteiger partial charge in [0.05, 0.1) is 5.75 Å². The number of hydrogen-bond donors (Lipinski definition) is 1. The molecule has 1 aromatic rings. The number of nitrogens with one attached hydrogen (secondary N) is 1. The van der Waals surface area contributed by atoms with E-state index in [-0.39, 0.29) is 5.75 Å². The van der Waals surface area contributed by atoms with Crippen LogP contribution in [0.25, 0.3) is 0 Å². The Morgan fingerprint density at radius 2 is 2.00 bits per heavy atom. The van der Waals surface area contributed by atoms with Crippen LogP contribution in [0.5, 0.6) is 0 Å². The summed E-state index contributed by atoms with van der Waals surface area (Å²) in [6.45, 7) is 4.86. The van der Waals surface area contributed by atoms with E-state index in [1.54, 1.807) is 24.3 Å². The van der Waals surface area contributed by atoms with Gasteiger partial charge in [-0.25, -0.2) is 13.1 Å². The van der Waals surface area contributed by atoms with Crippen molar-refractivity contribution in [3.05, 3.63) is 34.9 Å². The predicted octanol–water partition coefficient (Wildman–Crippen LogP) is 3.41. The van der Waals surface area contributed by atoms with E-state index in [0.29, 0.717) is 17.6 Å². The van der Waals surface area contributed by atoms with Crippen LogP contribution in [0.4, 0.5) is 0 Å². The van der Waals surface area contributed by atoms with Gasteiger partial charge in [0.1, 0.15) is 0 Å². The summed E-state index contributed by atoms with van der Waals surface area (Å²) in [6.07, 6.45) is 5.90. The summed E-state index contributed by atoms with van der Waals surface area (Å²) in [5, 5.41) is 0.617. The average Bonchev–Trinajstić information content (AvgIpc) is 2.54. The molecule has 4 nitrogen and oxygen atoms in total. The van der Waals surface area contributed by atoms with Crippen LogP contribution in [0.3, 0.4) is 0 Å². The molecule has 6 heteroatoms. The molecule has 1 aliphatic heterocycles. The normalized spacial score (nSPS) is 19.8. The highest BCUT2D eigenvalue weighted by Crippen LogP contribution is 2.19. The Labute approximate surface area is 145 Å². The van der Waals surface area contributed by atoms with E-state index in [4.69, 9.17) is 11.6 Å². The van der Waals surface area contributed by atoms with Crippen LogP contribution in [0.15, 0.2) is 24.3 Å². The standard InChI is InChI=1S/C17H27ClN2O2S/c1-2-17-6-3-4-12-20(17)13-5-11-19-23(21,22)14-15-7-9-16(18)10-8-15/h7-10,17,19H,2-6,11-14H2,1H3. The van der Waals surface area contributed by atoms with Crippen LogP contribution in [0, 0.1) is 0 Å². The number of halogens is 1. The van der Waals surface area contributed by atoms with Gasteiger partial charge in [-0.3, -0.25) is 0 Å². The largest absolute Gasteiger partial charge is 0.300 e. The molecule has 1 fully saturated rings. The van der Waals surface area contributed by atoms with Crippen molar-refractivity contribution in [3.8, 4) is 0 Å². The number of rotatable bonds is 8. The highest BCUT2D eigenvalue weighted by Gasteiger charge is 2.20. The van der Waals surface area contributed by atoms with E-state index in [0.717, 1.165) is 25.1 Å². The van der Waals surface area contributed by atoms with E-state index in [1.807, 2.05) is 0 Å². The van der Waals surface area contributed by atoms with Crippen molar-refractivity contribution in [2.45, 2.75) is 50.8 Å². The maximum absolute atomic E-state index is 12.1. The topological polar surface area (TPSA) is 49.4 Å². The van der Waals surface area contributed by atoms with Crippen LogP contribution in [0.1, 0.15) is 44.6 Å². The molecule has 1 heterocycles. The summed E-state index contributed by atoms with van der Waals surface area (Å²) >= 11 is 5.81. The third-order valence-corrected chi connectivity index (χ3v) is 6.04. The zero-order chi connectivity index (χ0) is 16.7. The van der Waals surface area contributed by atoms with Gasteiger partial charge in [0.25, 0.3) is 0 Å². The number of piperidine rings is 1. The molecule has 0 radical (unpaired) electrons. The number of nitrogens with zero attached hydrogens (tertiary/aromatic N) is 1. The summed E-state index contributed by atoms with van der Waals surface area (Å²) in [6, 6.07) is 7.61. The second-order valence-electron chi connectivity index (χ2n) is 6.23. The fourth-order valence-corrected chi connectivity index (χ4v) is 4.49. The molecule has 1 N–H and O–H groups in total. The molecule has 23 heavy (non-hydrogen) atoms. The Bertz CT molecular complexity index is 575. The van der Waals surface area contributed by atoms with Crippen LogP contribution >= 0.6 is 11.6 Å². The van der Waals surface area contributed by atoms with Gasteiger partial charge < -0.3 is 4.90 Å². The lowest BCUT2D eigenvalue weighted by molar-refractivity contribution is 0.143. The van der Waals surface area contributed by atoms with Crippen LogP contribution in [-0.4, -0.2) is 39.0 Å². The smallest absolute Gasteiger partial charge is 0.215 e. The Balaban J connectivity index is 1.73. The Hall–Kier alpha value is -0.620. The van der Waals surface area contributed by atoms with Gasteiger partial charge in [-0.1, -0.05) is 37.1 Å². The summed E-state index contributed by atoms with van der Waals surface area (Å²) in [4.78, 5) is 2.51. The second kappa shape index (κ2) is 9.02. The van der Waals surface area contributed by atoms with E-state index in [2.05, 4.69) is 16.5 Å². The first-order chi connectivity index (χ1) is 11.0. The predicted molar refractivity (Wildman–Crippen MR) is 96.2 cm³/mol. The van der Waals surface area contributed by atoms with Gasteiger partial charge >= 0.3 is 0 Å². The Morgan fingerprint density at radius 3 is 2.70 bits per heavy atom. The van der Waals surface area contributed by atoms with Gasteiger partial charge in [-0.05, 0) is 56.5 Å². The van der Waals surface area contributed by atoms with Crippen molar-refractivity contribution in [2.75, 3.05) is 19.6 Å². The van der Waals surface area contributed by atoms with Crippen molar-refractivity contribution in [1.29, 1.82) is 0 Å². The Morgan fingerprint density at radius 1 is 1.26 bits per heavy atom. The fraction of sp³-hybridized carbons (Fsp3) is 0.647. The quantitative estimate of drug-likeness (QED) is 0.724. The monoisotopic (exact) mass is 358 g/mol. The lowest BCUT2D eigenvalue weighted by atomic mass is 10.00. The van der Waals surface area contributed by atoms with Gasteiger partial charge in [0.15, 0.2) is 0 Å². The van der Waals surface area contributed by atoms with Gasteiger partial charge in [0, 0.05) is 17.6 Å². The van der Waals surface area contributed by atoms with E-state index >= 15 is 0 Å². The summed E-state index contributed by atoms with van der Waals surface area (Å²) < 4.78 is 26.9. The molecule has 0 bridgehead atoms. The molecule has 0 aromatic heterocycles. The summed E-state index contributed by atoms with van der Waals surface area (Å²) in [7, 11) is -3.28. The molecular weight excluding hydrogens is 332 g/mol. The molecule has 1 atom stereocenters. The number of benzene rings is 1. The molecule has 0 spiro atoms. The first kappa shape index (κ1) is 18.7. The van der Waals surface area contributed by atoms with E-state index in [9.17, 15) is 8.42 Å². The third kappa shape index (κ3) is 6.42. The van der Waals surface area contributed by atoms with Crippen molar-refractivity contribution < 1.29 is 8.42 Å². The third-order valence-electron chi connectivity index (χ3n) is 4.43. The van der Waals surface area contributed by atoms with Gasteiger partial charge in [-0.15, -0.1) is 0 Å². The van der Waals surface area contributed by atoms with Gasteiger partial charge in [-0.2, -0.15) is 0 Å². The zero-order valence-electron chi connectivity index (χ0n) is 13.8. The van der Waals surface area contributed by atoms with Gasteiger partial charge in [0.2, 0.25) is 10.0 Å². The SMILES string of the molecule is CCC1CCCCN1CCCNS(=O)(=O)Cc1ccc(Cl)cc1. The second-order valence-corrected chi connectivity index (χ2v) is 8.47. The molecule has 0 amide bonds. The maximum Gasteiger partial charge on any atom is 0.215 e. The van der Waals surface area contributed by atoms with Crippen LogP contribution in [0.2, 0.25) is 5.02 Å². The van der Waals surface area contributed by atoms with Crippen LogP contribution < -0.4 is 4.72 Å². The summed E-state index contributed by atoms with van der Waals surface area (Å²) in [5.41, 5.74) is 0.754. The highest BCUT2D eigenvalue weighted by molar-refractivity contribution is 7.88. The fourth-order valence-electron chi connectivity index (χ4n) is 3.18. The lowest BCUT2D eigenvalue weighted by Crippen LogP contribution is -2.40. The molecule has 1 aromatic carbocycles. The molecule has 130 valence electrons. The minimum absolute atomic E-state index is 0.00542. The zero-order valence-corrected chi connectivity index (χ0v) is 15.4. The number of likely N-dealkylation sites (tertiary alicyclic amines) is 1. The average molecular weight is 359 g/mol. The van der Waals surface area contributed by atoms with Crippen molar-refractivity contribution in [1.82, 2.24) is 9.62 Å². The van der Waals surface area contributed by atoms with E-state index < -0.39 is 10.0 Å². The maximum atomic E-state index is 12.1. The molecule has 1 unspecified atom stereocenters. The van der Waals surface area contributed by atoms with E-state index in [1.165, 1.54) is 25.7 Å². The summed E-state index contributed by atoms with van der Waals surface area (Å²) in [5.74, 6) is 0.00542. The number of sulfonamides is 1. The molecule has 1 aliphatic rings. The molecule has 1 saturated heterocycles. The first-order valence-electron chi connectivity index (χ1n) is 8.46. The minimum Gasteiger partial charge on any atom is -0.300 e. The lowest BCUT2D eigenvalue weighted by Gasteiger charge is -2.35. The van der Waals surface area contributed by atoms with Crippen LogP contribution in [-0.2, 0) is 15.8 Å². The van der Waals surface area contributed by atoms with Crippen molar-refractivity contribution >= 4 is 21.6 Å². The molecule has 2 rings (SSSR count). The Kier molecular flexibility index (Phi) is 7.34. The highest BCUT2D eigenvalue weighted by atomic mass is 35.5. The molecule has 0 aliphatic carbocycles. The van der Waals surface area contributed by atoms with Crippen molar-refractivity contribution in [3.63, 3.8) is 0 Å². The molecular formula is C17H27ClN2O2S. The minimum atomic E-state index is -3.28. The first-order valence-corrected chi connectivity index (χ1v) is 10.5. The number of hydrogen-bond acceptors (Lipinski definition) is 3. The molecule has 0 saturated carbocycles.